The van der Waals surface area contributed by atoms with Gasteiger partial charge >= 0.3 is 6.09 Å². The molecule has 1 aliphatic heterocycles. The Morgan fingerprint density at radius 1 is 1.19 bits per heavy atom. The SMILES string of the molecule is CN(C)CCC(NC(=O)CCC1CCN(C(=O)OC(C)(C)C)C1)C(C)(C)C. The lowest BCUT2D eigenvalue weighted by Crippen LogP contribution is -2.45. The standard InChI is InChI=1S/C21H41N3O3/c1-20(2,3)17(12-13-23(7)8)22-18(25)10-9-16-11-14-24(15-16)19(26)27-21(4,5)6/h16-17H,9-15H2,1-8H3,(H,22,25). The number of amides is 2. The maximum absolute atomic E-state index is 12.5. The zero-order valence-corrected chi connectivity index (χ0v) is 18.7. The Kier molecular flexibility index (Phi) is 8.58. The summed E-state index contributed by atoms with van der Waals surface area (Å²) in [5.41, 5.74) is -0.434. The first-order chi connectivity index (χ1) is 12.3. The highest BCUT2D eigenvalue weighted by Gasteiger charge is 2.30. The van der Waals surface area contributed by atoms with Crippen molar-refractivity contribution in [3.05, 3.63) is 0 Å². The first-order valence-electron chi connectivity index (χ1n) is 10.2. The molecule has 1 rings (SSSR count). The number of hydrogen-bond donors (Lipinski definition) is 1. The summed E-state index contributed by atoms with van der Waals surface area (Å²) in [7, 11) is 4.11. The summed E-state index contributed by atoms with van der Waals surface area (Å²) in [6, 6.07) is 0.161. The van der Waals surface area contributed by atoms with E-state index in [9.17, 15) is 9.59 Å². The Balaban J connectivity index is 2.42. The van der Waals surface area contributed by atoms with Gasteiger partial charge in [-0.1, -0.05) is 20.8 Å². The summed E-state index contributed by atoms with van der Waals surface area (Å²) >= 11 is 0. The highest BCUT2D eigenvalue weighted by Crippen LogP contribution is 2.25. The number of nitrogens with zero attached hydrogens (tertiary/aromatic N) is 2. The first kappa shape index (κ1) is 23.7. The summed E-state index contributed by atoms with van der Waals surface area (Å²) in [4.78, 5) is 28.5. The number of carbonyl (C=O) groups is 2. The normalized spacial score (nSPS) is 19.3. The number of ether oxygens (including phenoxy) is 1. The van der Waals surface area contributed by atoms with E-state index in [2.05, 4.69) is 45.1 Å². The summed E-state index contributed by atoms with van der Waals surface area (Å²) in [5, 5.41) is 3.23. The fraction of sp³-hybridized carbons (Fsp3) is 0.905. The monoisotopic (exact) mass is 383 g/mol. The van der Waals surface area contributed by atoms with Gasteiger partial charge in [0.05, 0.1) is 0 Å². The topological polar surface area (TPSA) is 61.9 Å². The van der Waals surface area contributed by atoms with E-state index in [4.69, 9.17) is 4.74 Å². The molecule has 0 spiro atoms. The lowest BCUT2D eigenvalue weighted by molar-refractivity contribution is -0.122. The molecule has 0 aromatic carbocycles. The van der Waals surface area contributed by atoms with Crippen molar-refractivity contribution in [2.24, 2.45) is 11.3 Å². The molecule has 2 unspecified atom stereocenters. The van der Waals surface area contributed by atoms with Gasteiger partial charge < -0.3 is 19.9 Å². The highest BCUT2D eigenvalue weighted by atomic mass is 16.6. The van der Waals surface area contributed by atoms with Gasteiger partial charge in [0.15, 0.2) is 0 Å². The third-order valence-electron chi connectivity index (χ3n) is 4.96. The van der Waals surface area contributed by atoms with Gasteiger partial charge in [-0.05, 0) is 72.0 Å². The third-order valence-corrected chi connectivity index (χ3v) is 4.96. The van der Waals surface area contributed by atoms with E-state index in [1.807, 2.05) is 20.8 Å². The maximum atomic E-state index is 12.5. The number of likely N-dealkylation sites (tertiary alicyclic amines) is 1. The van der Waals surface area contributed by atoms with Crippen LogP contribution in [0.1, 0.15) is 67.2 Å². The molecule has 158 valence electrons. The lowest BCUT2D eigenvalue weighted by Gasteiger charge is -2.32. The van der Waals surface area contributed by atoms with Crippen LogP contribution in [0.3, 0.4) is 0 Å². The Morgan fingerprint density at radius 3 is 2.33 bits per heavy atom. The molecule has 6 nitrogen and oxygen atoms in total. The number of nitrogens with one attached hydrogen (secondary N) is 1. The van der Waals surface area contributed by atoms with Crippen LogP contribution in [0.15, 0.2) is 0 Å². The molecular formula is C21H41N3O3. The molecule has 6 heteroatoms. The van der Waals surface area contributed by atoms with Crippen molar-refractivity contribution in [2.75, 3.05) is 33.7 Å². The van der Waals surface area contributed by atoms with Crippen molar-refractivity contribution in [2.45, 2.75) is 78.9 Å². The average molecular weight is 384 g/mol. The molecule has 1 heterocycles. The summed E-state index contributed by atoms with van der Waals surface area (Å²) in [5.74, 6) is 0.488. The van der Waals surface area contributed by atoms with Crippen LogP contribution in [0.4, 0.5) is 4.79 Å². The molecule has 0 aromatic rings. The molecule has 0 radical (unpaired) electrons. The molecule has 0 aliphatic carbocycles. The summed E-state index contributed by atoms with van der Waals surface area (Å²) in [6.07, 6.45) is 2.97. The van der Waals surface area contributed by atoms with Crippen molar-refractivity contribution in [3.8, 4) is 0 Å². The van der Waals surface area contributed by atoms with Gasteiger partial charge in [0.1, 0.15) is 5.60 Å². The molecule has 0 bridgehead atoms. The Bertz CT molecular complexity index is 492. The van der Waals surface area contributed by atoms with E-state index >= 15 is 0 Å². The quantitative estimate of drug-likeness (QED) is 0.731. The molecule has 0 aromatic heterocycles. The Labute approximate surface area is 166 Å². The van der Waals surface area contributed by atoms with Gasteiger partial charge in [-0.2, -0.15) is 0 Å². The minimum absolute atomic E-state index is 0.0343. The summed E-state index contributed by atoms with van der Waals surface area (Å²) in [6.45, 7) is 14.5. The van der Waals surface area contributed by atoms with Crippen molar-refractivity contribution in [1.29, 1.82) is 0 Å². The van der Waals surface area contributed by atoms with Gasteiger partial charge in [-0.3, -0.25) is 4.79 Å². The molecule has 1 aliphatic rings. The van der Waals surface area contributed by atoms with Crippen LogP contribution in [-0.4, -0.2) is 67.2 Å². The number of rotatable bonds is 7. The number of carbonyl (C=O) groups excluding carboxylic acids is 2. The molecule has 1 saturated heterocycles. The van der Waals surface area contributed by atoms with Gasteiger partial charge in [-0.15, -0.1) is 0 Å². The van der Waals surface area contributed by atoms with Gasteiger partial charge in [0.25, 0.3) is 0 Å². The zero-order chi connectivity index (χ0) is 20.8. The maximum Gasteiger partial charge on any atom is 0.410 e. The molecule has 27 heavy (non-hydrogen) atoms. The Hall–Kier alpha value is -1.30. The average Bonchev–Trinajstić information content (AvgIpc) is 2.95. The van der Waals surface area contributed by atoms with Crippen LogP contribution in [0, 0.1) is 11.3 Å². The fourth-order valence-corrected chi connectivity index (χ4v) is 3.27. The van der Waals surface area contributed by atoms with Crippen molar-refractivity contribution in [3.63, 3.8) is 0 Å². The van der Waals surface area contributed by atoms with E-state index < -0.39 is 5.60 Å². The van der Waals surface area contributed by atoms with E-state index in [-0.39, 0.29) is 23.5 Å². The molecule has 0 saturated carbocycles. The van der Waals surface area contributed by atoms with Gasteiger partial charge in [0, 0.05) is 25.6 Å². The van der Waals surface area contributed by atoms with E-state index in [1.54, 1.807) is 4.90 Å². The summed E-state index contributed by atoms with van der Waals surface area (Å²) < 4.78 is 5.44. The lowest BCUT2D eigenvalue weighted by atomic mass is 9.84. The van der Waals surface area contributed by atoms with E-state index in [1.165, 1.54) is 0 Å². The first-order valence-corrected chi connectivity index (χ1v) is 10.2. The predicted molar refractivity (Wildman–Crippen MR) is 110 cm³/mol. The second-order valence-electron chi connectivity index (χ2n) is 10.2. The van der Waals surface area contributed by atoms with E-state index in [0.717, 1.165) is 25.8 Å². The van der Waals surface area contributed by atoms with Crippen LogP contribution in [0.2, 0.25) is 0 Å². The highest BCUT2D eigenvalue weighted by molar-refractivity contribution is 5.76. The minimum Gasteiger partial charge on any atom is -0.444 e. The molecular weight excluding hydrogens is 342 g/mol. The smallest absolute Gasteiger partial charge is 0.410 e. The van der Waals surface area contributed by atoms with Crippen molar-refractivity contribution < 1.29 is 14.3 Å². The molecule has 2 atom stereocenters. The van der Waals surface area contributed by atoms with Crippen LogP contribution in [-0.2, 0) is 9.53 Å². The van der Waals surface area contributed by atoms with Crippen LogP contribution in [0.25, 0.3) is 0 Å². The number of hydrogen-bond acceptors (Lipinski definition) is 4. The van der Waals surface area contributed by atoms with Crippen molar-refractivity contribution in [1.82, 2.24) is 15.1 Å². The van der Waals surface area contributed by atoms with Gasteiger partial charge in [-0.25, -0.2) is 4.79 Å². The Morgan fingerprint density at radius 2 is 1.81 bits per heavy atom. The van der Waals surface area contributed by atoms with Crippen LogP contribution in [0.5, 0.6) is 0 Å². The minimum atomic E-state index is -0.469. The second kappa shape index (κ2) is 9.76. The zero-order valence-electron chi connectivity index (χ0n) is 18.7. The third kappa shape index (κ3) is 9.45. The largest absolute Gasteiger partial charge is 0.444 e. The molecule has 2 amide bonds. The predicted octanol–water partition coefficient (Wildman–Crippen LogP) is 3.51. The molecule has 1 N–H and O–H groups in total. The van der Waals surface area contributed by atoms with Crippen molar-refractivity contribution >= 4 is 12.0 Å². The van der Waals surface area contributed by atoms with Crippen LogP contribution >= 0.6 is 0 Å². The molecule has 1 fully saturated rings. The van der Waals surface area contributed by atoms with Gasteiger partial charge in [0.2, 0.25) is 5.91 Å². The van der Waals surface area contributed by atoms with Crippen LogP contribution < -0.4 is 5.32 Å². The fourth-order valence-electron chi connectivity index (χ4n) is 3.27. The van der Waals surface area contributed by atoms with E-state index in [0.29, 0.717) is 25.4 Å². The second-order valence-corrected chi connectivity index (χ2v) is 10.2.